The van der Waals surface area contributed by atoms with E-state index in [1.165, 1.54) is 7.11 Å². The summed E-state index contributed by atoms with van der Waals surface area (Å²) >= 11 is 0. The highest BCUT2D eigenvalue weighted by molar-refractivity contribution is 5.92. The van der Waals surface area contributed by atoms with E-state index in [-0.39, 0.29) is 45.0 Å². The molecular weight excluding hydrogens is 666 g/mol. The number of nitrogens with zero attached hydrogens (tertiary/aromatic N) is 2. The first-order valence-electron chi connectivity index (χ1n) is 18.1. The highest BCUT2D eigenvalue weighted by Crippen LogP contribution is 2.50. The maximum absolute atomic E-state index is 14.7. The number of rotatable bonds is 8. The fourth-order valence-electron chi connectivity index (χ4n) is 8.50. The van der Waals surface area contributed by atoms with Gasteiger partial charge in [-0.25, -0.2) is 9.59 Å². The average Bonchev–Trinajstić information content (AvgIpc) is 3.72. The van der Waals surface area contributed by atoms with Crippen molar-refractivity contribution < 1.29 is 29.0 Å². The van der Waals surface area contributed by atoms with Gasteiger partial charge in [0.05, 0.1) is 19.3 Å². The number of nitrogens with one attached hydrogen (secondary N) is 1. The summed E-state index contributed by atoms with van der Waals surface area (Å²) < 4.78 is 11.5. The number of aliphatic hydroxyl groups is 1. The SMILES string of the molecule is COC(=O)N(C1c2ccccc2-c2ccccc21)C1(C(=O)NCC(O)c2ccccc2)CCN(C(=O)OCC2c3ccccc3-c3ccccc32)CC1. The lowest BCUT2D eigenvalue weighted by atomic mass is 9.82. The molecule has 9 nitrogen and oxygen atoms in total. The number of carbonyl (C=O) groups excluding carboxylic acids is 3. The summed E-state index contributed by atoms with van der Waals surface area (Å²) in [5, 5.41) is 14.0. The molecule has 1 atom stereocenters. The Hall–Kier alpha value is -5.93. The van der Waals surface area contributed by atoms with Gasteiger partial charge in [0.1, 0.15) is 12.1 Å². The summed E-state index contributed by atoms with van der Waals surface area (Å²) in [5.41, 5.74) is 7.50. The van der Waals surface area contributed by atoms with Gasteiger partial charge in [0.25, 0.3) is 0 Å². The molecule has 2 N–H and O–H groups in total. The van der Waals surface area contributed by atoms with Crippen LogP contribution in [-0.4, -0.2) is 71.9 Å². The van der Waals surface area contributed by atoms with Crippen molar-refractivity contribution >= 4 is 18.1 Å². The standard InChI is InChI=1S/C44H41N3O6/c1-52-43(51)47(40-36-21-11-9-17-32(36)33-18-10-12-22-37(33)40)44(41(49)45-27-39(48)29-13-3-2-4-14-29)23-25-46(26-24-44)42(50)53-28-38-34-19-7-5-15-30(34)31-16-6-8-20-35(31)38/h2-22,38-40,48H,23-28H2,1H3,(H,45,49). The van der Waals surface area contributed by atoms with E-state index in [0.717, 1.165) is 44.5 Å². The normalized spacial score (nSPS) is 16.1. The van der Waals surface area contributed by atoms with E-state index in [4.69, 9.17) is 9.47 Å². The molecule has 53 heavy (non-hydrogen) atoms. The van der Waals surface area contributed by atoms with Crippen molar-refractivity contribution in [1.82, 2.24) is 15.1 Å². The molecule has 0 saturated carbocycles. The lowest BCUT2D eigenvalue weighted by molar-refractivity contribution is -0.137. The van der Waals surface area contributed by atoms with Gasteiger partial charge in [0.2, 0.25) is 5.91 Å². The van der Waals surface area contributed by atoms with Crippen LogP contribution in [0.3, 0.4) is 0 Å². The van der Waals surface area contributed by atoms with Crippen LogP contribution in [0.15, 0.2) is 127 Å². The van der Waals surface area contributed by atoms with Crippen LogP contribution in [0.5, 0.6) is 0 Å². The van der Waals surface area contributed by atoms with Gasteiger partial charge in [-0.3, -0.25) is 9.69 Å². The quantitative estimate of drug-likeness (QED) is 0.173. The zero-order valence-corrected chi connectivity index (χ0v) is 29.5. The molecule has 1 heterocycles. The fourth-order valence-corrected chi connectivity index (χ4v) is 8.50. The van der Waals surface area contributed by atoms with E-state index in [9.17, 15) is 19.5 Å². The Morgan fingerprint density at radius 2 is 1.21 bits per heavy atom. The fraction of sp³-hybridized carbons (Fsp3) is 0.250. The molecule has 3 aliphatic rings. The van der Waals surface area contributed by atoms with Crippen molar-refractivity contribution in [1.29, 1.82) is 0 Å². The van der Waals surface area contributed by atoms with E-state index in [2.05, 4.69) is 29.6 Å². The molecule has 1 fully saturated rings. The number of piperidine rings is 1. The number of likely N-dealkylation sites (tertiary alicyclic amines) is 1. The smallest absolute Gasteiger partial charge is 0.411 e. The van der Waals surface area contributed by atoms with Crippen LogP contribution < -0.4 is 5.32 Å². The average molecular weight is 708 g/mol. The predicted molar refractivity (Wildman–Crippen MR) is 201 cm³/mol. The number of hydrogen-bond donors (Lipinski definition) is 2. The second kappa shape index (κ2) is 14.2. The van der Waals surface area contributed by atoms with Crippen LogP contribution in [0.1, 0.15) is 58.7 Å². The summed E-state index contributed by atoms with van der Waals surface area (Å²) in [6, 6.07) is 40.6. The number of hydrogen-bond acceptors (Lipinski definition) is 6. The van der Waals surface area contributed by atoms with Crippen LogP contribution in [0, 0.1) is 0 Å². The van der Waals surface area contributed by atoms with Gasteiger partial charge in [-0.1, -0.05) is 127 Å². The minimum Gasteiger partial charge on any atom is -0.453 e. The van der Waals surface area contributed by atoms with Crippen LogP contribution in [-0.2, 0) is 14.3 Å². The molecule has 2 aliphatic carbocycles. The third kappa shape index (κ3) is 6.00. The Labute approximate surface area is 308 Å². The van der Waals surface area contributed by atoms with Crippen molar-refractivity contribution in [2.45, 2.75) is 36.4 Å². The summed E-state index contributed by atoms with van der Waals surface area (Å²) in [6.07, 6.45) is -1.84. The van der Waals surface area contributed by atoms with Crippen LogP contribution >= 0.6 is 0 Å². The molecule has 1 unspecified atom stereocenters. The zero-order valence-electron chi connectivity index (χ0n) is 29.5. The number of methoxy groups -OCH3 is 1. The summed E-state index contributed by atoms with van der Waals surface area (Å²) in [4.78, 5) is 45.7. The van der Waals surface area contributed by atoms with E-state index >= 15 is 0 Å². The molecule has 5 aromatic carbocycles. The molecule has 1 aliphatic heterocycles. The molecular formula is C44H41N3O6. The van der Waals surface area contributed by atoms with E-state index < -0.39 is 35.8 Å². The summed E-state index contributed by atoms with van der Waals surface area (Å²) in [6.45, 7) is 0.438. The van der Waals surface area contributed by atoms with Gasteiger partial charge in [0.15, 0.2) is 0 Å². The van der Waals surface area contributed by atoms with Crippen molar-refractivity contribution in [2.75, 3.05) is 33.4 Å². The molecule has 268 valence electrons. The Morgan fingerprint density at radius 1 is 0.736 bits per heavy atom. The first kappa shape index (κ1) is 34.2. The first-order valence-corrected chi connectivity index (χ1v) is 18.1. The largest absolute Gasteiger partial charge is 0.453 e. The third-order valence-electron chi connectivity index (χ3n) is 11.1. The maximum atomic E-state index is 14.7. The number of aliphatic hydroxyl groups excluding tert-OH is 1. The third-order valence-corrected chi connectivity index (χ3v) is 11.1. The highest BCUT2D eigenvalue weighted by Gasteiger charge is 2.54. The number of fused-ring (bicyclic) bond motifs is 6. The van der Waals surface area contributed by atoms with Gasteiger partial charge < -0.3 is 24.8 Å². The summed E-state index contributed by atoms with van der Waals surface area (Å²) in [5.74, 6) is -0.513. The van der Waals surface area contributed by atoms with E-state index in [1.54, 1.807) is 21.9 Å². The lowest BCUT2D eigenvalue weighted by Gasteiger charge is -2.49. The second-order valence-corrected chi connectivity index (χ2v) is 13.9. The van der Waals surface area contributed by atoms with Gasteiger partial charge in [-0.05, 0) is 62.9 Å². The van der Waals surface area contributed by atoms with Crippen LogP contribution in [0.25, 0.3) is 22.3 Å². The minimum atomic E-state index is -1.43. The molecule has 8 rings (SSSR count). The van der Waals surface area contributed by atoms with Crippen molar-refractivity contribution in [3.05, 3.63) is 155 Å². The predicted octanol–water partition coefficient (Wildman–Crippen LogP) is 7.46. The number of amides is 3. The molecule has 3 amide bonds. The van der Waals surface area contributed by atoms with Gasteiger partial charge in [-0.15, -0.1) is 0 Å². The topological polar surface area (TPSA) is 108 Å². The lowest BCUT2D eigenvalue weighted by Crippen LogP contribution is -2.66. The molecule has 0 radical (unpaired) electrons. The van der Waals surface area contributed by atoms with Crippen LogP contribution in [0.2, 0.25) is 0 Å². The van der Waals surface area contributed by atoms with Gasteiger partial charge in [-0.2, -0.15) is 0 Å². The maximum Gasteiger partial charge on any atom is 0.411 e. The highest BCUT2D eigenvalue weighted by atomic mass is 16.6. The number of carbonyl (C=O) groups is 3. The Kier molecular flexibility index (Phi) is 9.18. The second-order valence-electron chi connectivity index (χ2n) is 13.9. The monoisotopic (exact) mass is 707 g/mol. The molecule has 0 spiro atoms. The van der Waals surface area contributed by atoms with Gasteiger partial charge >= 0.3 is 12.2 Å². The Morgan fingerprint density at radius 3 is 1.74 bits per heavy atom. The number of benzene rings is 5. The minimum absolute atomic E-state index is 0.0620. The Bertz CT molecular complexity index is 2070. The van der Waals surface area contributed by atoms with Crippen molar-refractivity contribution in [2.24, 2.45) is 0 Å². The molecule has 0 aromatic heterocycles. The van der Waals surface area contributed by atoms with Crippen LogP contribution in [0.4, 0.5) is 9.59 Å². The molecule has 1 saturated heterocycles. The molecule has 5 aromatic rings. The Balaban J connectivity index is 1.08. The first-order chi connectivity index (χ1) is 25.9. The summed E-state index contributed by atoms with van der Waals surface area (Å²) in [7, 11) is 1.32. The van der Waals surface area contributed by atoms with E-state index in [0.29, 0.717) is 5.56 Å². The van der Waals surface area contributed by atoms with Crippen molar-refractivity contribution in [3.63, 3.8) is 0 Å². The van der Waals surface area contributed by atoms with Gasteiger partial charge in [0, 0.05) is 25.6 Å². The van der Waals surface area contributed by atoms with Crippen molar-refractivity contribution in [3.8, 4) is 22.3 Å². The van der Waals surface area contributed by atoms with E-state index in [1.807, 2.05) is 91.0 Å². The molecule has 0 bridgehead atoms. The zero-order chi connectivity index (χ0) is 36.5. The molecule has 9 heteroatoms. The number of ether oxygens (including phenoxy) is 2.